The zero-order valence-corrected chi connectivity index (χ0v) is 11.2. The minimum absolute atomic E-state index is 0.00342. The summed E-state index contributed by atoms with van der Waals surface area (Å²) in [6.07, 6.45) is 1.16. The molecule has 2 aromatic rings. The van der Waals surface area contributed by atoms with Gasteiger partial charge in [0.15, 0.2) is 0 Å². The fourth-order valence-electron chi connectivity index (χ4n) is 1.61. The summed E-state index contributed by atoms with van der Waals surface area (Å²) >= 11 is 5.92. The smallest absolute Gasteiger partial charge is 0.289 e. The summed E-state index contributed by atoms with van der Waals surface area (Å²) in [5.41, 5.74) is 1.67. The first kappa shape index (κ1) is 14.2. The molecule has 1 aromatic heterocycles. The molecule has 20 heavy (non-hydrogen) atoms. The number of hydrogen-bond acceptors (Lipinski definition) is 5. The van der Waals surface area contributed by atoms with E-state index in [9.17, 15) is 10.1 Å². The molecule has 0 radical (unpaired) electrons. The summed E-state index contributed by atoms with van der Waals surface area (Å²) in [5.74, 6) is 0.392. The molecule has 0 saturated carbocycles. The van der Waals surface area contributed by atoms with Crippen molar-refractivity contribution in [3.05, 3.63) is 62.8 Å². The Morgan fingerprint density at radius 1 is 1.30 bits per heavy atom. The number of nitrogens with zero attached hydrogens (tertiary/aromatic N) is 2. The number of pyridine rings is 1. The van der Waals surface area contributed by atoms with Crippen LogP contribution in [-0.2, 0) is 13.2 Å². The third kappa shape index (κ3) is 3.43. The van der Waals surface area contributed by atoms with Gasteiger partial charge >= 0.3 is 0 Å². The number of anilines is 1. The Hall–Kier alpha value is -2.18. The Morgan fingerprint density at radius 3 is 2.50 bits per heavy atom. The van der Waals surface area contributed by atoms with E-state index in [4.69, 9.17) is 16.7 Å². The number of nitro groups is 1. The molecule has 1 aromatic carbocycles. The number of aliphatic hydroxyl groups is 1. The van der Waals surface area contributed by atoms with Crippen molar-refractivity contribution in [1.29, 1.82) is 0 Å². The topological polar surface area (TPSA) is 88.3 Å². The van der Waals surface area contributed by atoms with Crippen molar-refractivity contribution in [2.45, 2.75) is 13.2 Å². The van der Waals surface area contributed by atoms with Crippen LogP contribution in [0.3, 0.4) is 0 Å². The lowest BCUT2D eigenvalue weighted by Gasteiger charge is -2.07. The monoisotopic (exact) mass is 293 g/mol. The Balaban J connectivity index is 2.04. The van der Waals surface area contributed by atoms with Gasteiger partial charge in [-0.15, -0.1) is 0 Å². The quantitative estimate of drug-likeness (QED) is 0.653. The van der Waals surface area contributed by atoms with Crippen LogP contribution in [0.4, 0.5) is 11.5 Å². The van der Waals surface area contributed by atoms with Crippen molar-refractivity contribution < 1.29 is 10.0 Å². The lowest BCUT2D eigenvalue weighted by Crippen LogP contribution is -2.02. The molecule has 6 nitrogen and oxygen atoms in total. The fourth-order valence-corrected chi connectivity index (χ4v) is 1.83. The summed E-state index contributed by atoms with van der Waals surface area (Å²) < 4.78 is 0. The summed E-state index contributed by atoms with van der Waals surface area (Å²) in [6, 6.07) is 8.64. The van der Waals surface area contributed by atoms with Crippen LogP contribution in [-0.4, -0.2) is 15.0 Å². The highest BCUT2D eigenvalue weighted by Crippen LogP contribution is 2.24. The number of halogens is 1. The second-order valence-corrected chi connectivity index (χ2v) is 4.52. The highest BCUT2D eigenvalue weighted by atomic mass is 35.5. The molecule has 0 aliphatic carbocycles. The Bertz CT molecular complexity index is 617. The van der Waals surface area contributed by atoms with Gasteiger partial charge in [-0.25, -0.2) is 4.98 Å². The second-order valence-electron chi connectivity index (χ2n) is 4.11. The van der Waals surface area contributed by atoms with Gasteiger partial charge in [0.1, 0.15) is 12.0 Å². The molecule has 104 valence electrons. The van der Waals surface area contributed by atoms with Crippen molar-refractivity contribution in [3.8, 4) is 0 Å². The van der Waals surface area contributed by atoms with Crippen molar-refractivity contribution in [2.75, 3.05) is 5.32 Å². The van der Waals surface area contributed by atoms with Gasteiger partial charge in [0, 0.05) is 12.6 Å². The number of aromatic nitrogens is 1. The summed E-state index contributed by atoms with van der Waals surface area (Å²) in [6.45, 7) is 0.486. The van der Waals surface area contributed by atoms with E-state index in [-0.39, 0.29) is 17.3 Å². The normalized spacial score (nSPS) is 10.3. The maximum Gasteiger partial charge on any atom is 0.289 e. The van der Waals surface area contributed by atoms with Crippen LogP contribution >= 0.6 is 11.6 Å². The van der Waals surface area contributed by atoms with Crippen LogP contribution in [0.15, 0.2) is 36.5 Å². The number of aliphatic hydroxyl groups excluding tert-OH is 1. The Morgan fingerprint density at radius 2 is 1.95 bits per heavy atom. The highest BCUT2D eigenvalue weighted by Gasteiger charge is 2.10. The van der Waals surface area contributed by atoms with Crippen molar-refractivity contribution in [3.63, 3.8) is 0 Å². The van der Waals surface area contributed by atoms with Crippen LogP contribution in [0.5, 0.6) is 0 Å². The molecule has 7 heteroatoms. The zero-order valence-electron chi connectivity index (χ0n) is 10.4. The van der Waals surface area contributed by atoms with E-state index in [1.165, 1.54) is 6.07 Å². The molecule has 0 atom stereocenters. The summed E-state index contributed by atoms with van der Waals surface area (Å²) in [7, 11) is 0. The molecular weight excluding hydrogens is 282 g/mol. The minimum atomic E-state index is -0.545. The molecular formula is C13H12ClN3O3. The first-order valence-corrected chi connectivity index (χ1v) is 6.20. The molecule has 0 aliphatic heterocycles. The molecule has 0 bridgehead atoms. The fraction of sp³-hybridized carbons (Fsp3) is 0.154. The summed E-state index contributed by atoms with van der Waals surface area (Å²) in [4.78, 5) is 13.9. The van der Waals surface area contributed by atoms with E-state index in [1.807, 2.05) is 24.3 Å². The largest absolute Gasteiger partial charge is 0.392 e. The number of nitrogens with one attached hydrogen (secondary N) is 1. The van der Waals surface area contributed by atoms with E-state index < -0.39 is 4.92 Å². The van der Waals surface area contributed by atoms with Crippen molar-refractivity contribution in [1.82, 2.24) is 4.98 Å². The molecule has 0 amide bonds. The Kier molecular flexibility index (Phi) is 4.49. The SMILES string of the molecule is O=[N+]([O-])c1cnc(NCc2ccc(CO)cc2)c(Cl)c1. The van der Waals surface area contributed by atoms with Gasteiger partial charge in [-0.05, 0) is 11.1 Å². The molecule has 0 saturated heterocycles. The van der Waals surface area contributed by atoms with E-state index in [1.54, 1.807) is 0 Å². The zero-order chi connectivity index (χ0) is 14.5. The first-order chi connectivity index (χ1) is 9.60. The van der Waals surface area contributed by atoms with Gasteiger partial charge in [-0.1, -0.05) is 35.9 Å². The highest BCUT2D eigenvalue weighted by molar-refractivity contribution is 6.33. The average Bonchev–Trinajstić information content (AvgIpc) is 2.46. The van der Waals surface area contributed by atoms with Crippen molar-refractivity contribution in [2.24, 2.45) is 0 Å². The molecule has 2 N–H and O–H groups in total. The van der Waals surface area contributed by atoms with Crippen LogP contribution < -0.4 is 5.32 Å². The third-order valence-electron chi connectivity index (χ3n) is 2.70. The van der Waals surface area contributed by atoms with Crippen LogP contribution in [0.1, 0.15) is 11.1 Å². The molecule has 0 aliphatic rings. The van der Waals surface area contributed by atoms with Gasteiger partial charge in [0.2, 0.25) is 0 Å². The average molecular weight is 294 g/mol. The van der Waals surface area contributed by atoms with Crippen molar-refractivity contribution >= 4 is 23.1 Å². The third-order valence-corrected chi connectivity index (χ3v) is 2.99. The predicted octanol–water partition coefficient (Wildman–Crippen LogP) is 2.75. The maximum absolute atomic E-state index is 10.6. The standard InChI is InChI=1S/C13H12ClN3O3/c14-12-5-11(17(19)20)7-16-13(12)15-6-9-1-3-10(8-18)4-2-9/h1-5,7,18H,6,8H2,(H,15,16). The van der Waals surface area contributed by atoms with E-state index >= 15 is 0 Å². The predicted molar refractivity (Wildman–Crippen MR) is 75.6 cm³/mol. The molecule has 0 unspecified atom stereocenters. The number of rotatable bonds is 5. The maximum atomic E-state index is 10.6. The molecule has 2 rings (SSSR count). The second kappa shape index (κ2) is 6.31. The Labute approximate surface area is 120 Å². The van der Waals surface area contributed by atoms with Gasteiger partial charge in [0.05, 0.1) is 16.6 Å². The lowest BCUT2D eigenvalue weighted by atomic mass is 10.1. The lowest BCUT2D eigenvalue weighted by molar-refractivity contribution is -0.385. The first-order valence-electron chi connectivity index (χ1n) is 5.82. The number of hydrogen-bond donors (Lipinski definition) is 2. The van der Waals surface area contributed by atoms with Gasteiger partial charge in [-0.2, -0.15) is 0 Å². The van der Waals surface area contributed by atoms with Gasteiger partial charge in [0.25, 0.3) is 5.69 Å². The number of benzene rings is 1. The summed E-state index contributed by atoms with van der Waals surface area (Å²) in [5, 5.41) is 22.7. The minimum Gasteiger partial charge on any atom is -0.392 e. The van der Waals surface area contributed by atoms with E-state index in [0.717, 1.165) is 17.3 Å². The molecule has 1 heterocycles. The van der Waals surface area contributed by atoms with Gasteiger partial charge < -0.3 is 10.4 Å². The van der Waals surface area contributed by atoms with Crippen LogP contribution in [0.2, 0.25) is 5.02 Å². The van der Waals surface area contributed by atoms with E-state index in [2.05, 4.69) is 10.3 Å². The van der Waals surface area contributed by atoms with Gasteiger partial charge in [-0.3, -0.25) is 10.1 Å². The molecule has 0 spiro atoms. The van der Waals surface area contributed by atoms with E-state index in [0.29, 0.717) is 12.4 Å². The van der Waals surface area contributed by atoms with Crippen LogP contribution in [0, 0.1) is 10.1 Å². The van der Waals surface area contributed by atoms with Crippen LogP contribution in [0.25, 0.3) is 0 Å². The molecule has 0 fully saturated rings.